The van der Waals surface area contributed by atoms with E-state index < -0.39 is 0 Å². The van der Waals surface area contributed by atoms with Crippen molar-refractivity contribution >= 4 is 0 Å². The molecule has 1 aromatic rings. The van der Waals surface area contributed by atoms with Gasteiger partial charge < -0.3 is 15.2 Å². The predicted octanol–water partition coefficient (Wildman–Crippen LogP) is 0.958. The Hall–Kier alpha value is -1.10. The number of aryl methyl sites for hydroxylation is 1. The molecule has 19 heavy (non-hydrogen) atoms. The van der Waals surface area contributed by atoms with Crippen molar-refractivity contribution in [3.63, 3.8) is 0 Å². The van der Waals surface area contributed by atoms with Gasteiger partial charge in [-0.1, -0.05) is 17.7 Å². The van der Waals surface area contributed by atoms with Crippen LogP contribution in [0.3, 0.4) is 0 Å². The van der Waals surface area contributed by atoms with E-state index in [2.05, 4.69) is 30.0 Å². The fraction of sp³-hybridized carbons (Fsp3) is 0.600. The molecule has 1 fully saturated rings. The molecule has 2 unspecified atom stereocenters. The van der Waals surface area contributed by atoms with Crippen molar-refractivity contribution in [1.29, 1.82) is 0 Å². The summed E-state index contributed by atoms with van der Waals surface area (Å²) >= 11 is 0. The highest BCUT2D eigenvalue weighted by atomic mass is 16.5. The lowest BCUT2D eigenvalue weighted by atomic mass is 10.1. The number of rotatable bonds is 3. The van der Waals surface area contributed by atoms with Gasteiger partial charge in [0.05, 0.1) is 13.2 Å². The van der Waals surface area contributed by atoms with Crippen LogP contribution < -0.4 is 10.5 Å². The first-order valence-corrected chi connectivity index (χ1v) is 7.04. The summed E-state index contributed by atoms with van der Waals surface area (Å²) in [6, 6.07) is 6.76. The second-order valence-electron chi connectivity index (χ2n) is 5.51. The third kappa shape index (κ3) is 2.76. The van der Waals surface area contributed by atoms with Crippen molar-refractivity contribution in [3.8, 4) is 5.75 Å². The first kappa shape index (κ1) is 12.9. The summed E-state index contributed by atoms with van der Waals surface area (Å²) in [4.78, 5) is 2.41. The average Bonchev–Trinajstić information content (AvgIpc) is 2.80. The van der Waals surface area contributed by atoms with E-state index in [0.29, 0.717) is 12.6 Å². The Labute approximate surface area is 114 Å². The van der Waals surface area contributed by atoms with Gasteiger partial charge in [-0.25, -0.2) is 0 Å². The summed E-state index contributed by atoms with van der Waals surface area (Å²) in [6.45, 7) is 6.22. The zero-order chi connectivity index (χ0) is 13.2. The van der Waals surface area contributed by atoms with Crippen LogP contribution >= 0.6 is 0 Å². The molecule has 1 saturated heterocycles. The summed E-state index contributed by atoms with van der Waals surface area (Å²) in [5.74, 6) is 1.05. The Bertz CT molecular complexity index is 450. The SMILES string of the molecule is Cc1ccc2c(c1)CC(CN1CCOCC1CN)O2. The highest BCUT2D eigenvalue weighted by molar-refractivity contribution is 5.40. The Balaban J connectivity index is 1.63. The summed E-state index contributed by atoms with van der Waals surface area (Å²) in [6.07, 6.45) is 1.26. The van der Waals surface area contributed by atoms with Crippen LogP contribution in [0.1, 0.15) is 11.1 Å². The van der Waals surface area contributed by atoms with Crippen LogP contribution in [0, 0.1) is 6.92 Å². The van der Waals surface area contributed by atoms with Crippen molar-refractivity contribution in [1.82, 2.24) is 4.90 Å². The van der Waals surface area contributed by atoms with Crippen LogP contribution in [-0.2, 0) is 11.2 Å². The number of fused-ring (bicyclic) bond motifs is 1. The number of nitrogens with zero attached hydrogens (tertiary/aromatic N) is 1. The molecule has 2 atom stereocenters. The summed E-state index contributed by atoms with van der Waals surface area (Å²) in [5, 5.41) is 0. The molecule has 0 amide bonds. The standard InChI is InChI=1S/C15H22N2O2/c1-11-2-3-15-12(6-11)7-14(19-15)9-17-4-5-18-10-13(17)8-16/h2-3,6,13-14H,4-5,7-10,16H2,1H3. The summed E-state index contributed by atoms with van der Waals surface area (Å²) in [5.41, 5.74) is 8.45. The van der Waals surface area contributed by atoms with Gasteiger partial charge in [0.15, 0.2) is 0 Å². The second-order valence-corrected chi connectivity index (χ2v) is 5.51. The van der Waals surface area contributed by atoms with E-state index >= 15 is 0 Å². The highest BCUT2D eigenvalue weighted by Crippen LogP contribution is 2.30. The highest BCUT2D eigenvalue weighted by Gasteiger charge is 2.29. The Kier molecular flexibility index (Phi) is 3.73. The monoisotopic (exact) mass is 262 g/mol. The summed E-state index contributed by atoms with van der Waals surface area (Å²) < 4.78 is 11.5. The molecule has 2 aliphatic rings. The molecule has 3 rings (SSSR count). The molecule has 0 spiro atoms. The van der Waals surface area contributed by atoms with E-state index in [0.717, 1.165) is 38.5 Å². The predicted molar refractivity (Wildman–Crippen MR) is 74.5 cm³/mol. The van der Waals surface area contributed by atoms with Crippen LogP contribution in [0.2, 0.25) is 0 Å². The maximum atomic E-state index is 6.03. The molecular weight excluding hydrogens is 240 g/mol. The molecular formula is C15H22N2O2. The largest absolute Gasteiger partial charge is 0.488 e. The van der Waals surface area contributed by atoms with Crippen molar-refractivity contribution in [2.24, 2.45) is 5.73 Å². The lowest BCUT2D eigenvalue weighted by molar-refractivity contribution is -0.0172. The average molecular weight is 262 g/mol. The minimum absolute atomic E-state index is 0.254. The molecule has 104 valence electrons. The van der Waals surface area contributed by atoms with E-state index in [4.69, 9.17) is 15.2 Å². The number of hydrogen-bond acceptors (Lipinski definition) is 4. The fourth-order valence-electron chi connectivity index (χ4n) is 2.96. The van der Waals surface area contributed by atoms with Crippen molar-refractivity contribution in [2.75, 3.05) is 32.8 Å². The van der Waals surface area contributed by atoms with Gasteiger partial charge in [0.1, 0.15) is 11.9 Å². The molecule has 1 aromatic carbocycles. The minimum atomic E-state index is 0.254. The summed E-state index contributed by atoms with van der Waals surface area (Å²) in [7, 11) is 0. The van der Waals surface area contributed by atoms with Gasteiger partial charge in [0.25, 0.3) is 0 Å². The zero-order valence-electron chi connectivity index (χ0n) is 11.5. The van der Waals surface area contributed by atoms with Crippen molar-refractivity contribution in [3.05, 3.63) is 29.3 Å². The zero-order valence-corrected chi connectivity index (χ0v) is 11.5. The first-order valence-electron chi connectivity index (χ1n) is 7.04. The molecule has 0 aliphatic carbocycles. The lowest BCUT2D eigenvalue weighted by Crippen LogP contribution is -2.52. The topological polar surface area (TPSA) is 47.7 Å². The minimum Gasteiger partial charge on any atom is -0.488 e. The second kappa shape index (κ2) is 5.49. The van der Waals surface area contributed by atoms with Crippen LogP contribution in [-0.4, -0.2) is 49.9 Å². The van der Waals surface area contributed by atoms with E-state index in [1.807, 2.05) is 0 Å². The van der Waals surface area contributed by atoms with E-state index in [9.17, 15) is 0 Å². The van der Waals surface area contributed by atoms with Gasteiger partial charge in [-0.2, -0.15) is 0 Å². The van der Waals surface area contributed by atoms with Gasteiger partial charge in [0.2, 0.25) is 0 Å². The molecule has 2 N–H and O–H groups in total. The van der Waals surface area contributed by atoms with Gasteiger partial charge in [-0.05, 0) is 18.6 Å². The van der Waals surface area contributed by atoms with Gasteiger partial charge >= 0.3 is 0 Å². The molecule has 4 heteroatoms. The molecule has 4 nitrogen and oxygen atoms in total. The number of benzene rings is 1. The molecule has 0 aromatic heterocycles. The number of ether oxygens (including phenoxy) is 2. The van der Waals surface area contributed by atoms with Crippen LogP contribution in [0.4, 0.5) is 0 Å². The van der Waals surface area contributed by atoms with Gasteiger partial charge in [-0.15, -0.1) is 0 Å². The van der Waals surface area contributed by atoms with E-state index in [1.165, 1.54) is 11.1 Å². The Morgan fingerprint density at radius 1 is 1.42 bits per heavy atom. The molecule has 0 bridgehead atoms. The molecule has 0 radical (unpaired) electrons. The lowest BCUT2D eigenvalue weighted by Gasteiger charge is -2.36. The quantitative estimate of drug-likeness (QED) is 0.881. The Morgan fingerprint density at radius 2 is 2.32 bits per heavy atom. The van der Waals surface area contributed by atoms with Gasteiger partial charge in [-0.3, -0.25) is 4.90 Å². The maximum absolute atomic E-state index is 6.03. The van der Waals surface area contributed by atoms with Gasteiger partial charge in [0, 0.05) is 32.1 Å². The van der Waals surface area contributed by atoms with Crippen molar-refractivity contribution < 1.29 is 9.47 Å². The molecule has 2 heterocycles. The van der Waals surface area contributed by atoms with Crippen LogP contribution in [0.5, 0.6) is 5.75 Å². The smallest absolute Gasteiger partial charge is 0.123 e. The Morgan fingerprint density at radius 3 is 3.16 bits per heavy atom. The van der Waals surface area contributed by atoms with Crippen LogP contribution in [0.25, 0.3) is 0 Å². The molecule has 0 saturated carbocycles. The third-order valence-electron chi connectivity index (χ3n) is 4.02. The fourth-order valence-corrected chi connectivity index (χ4v) is 2.96. The van der Waals surface area contributed by atoms with E-state index in [1.54, 1.807) is 0 Å². The normalized spacial score (nSPS) is 27.1. The molecule has 2 aliphatic heterocycles. The number of nitrogens with two attached hydrogens (primary N) is 1. The van der Waals surface area contributed by atoms with Crippen LogP contribution in [0.15, 0.2) is 18.2 Å². The number of morpholine rings is 1. The van der Waals surface area contributed by atoms with Crippen molar-refractivity contribution in [2.45, 2.75) is 25.5 Å². The van der Waals surface area contributed by atoms with E-state index in [-0.39, 0.29) is 6.10 Å². The maximum Gasteiger partial charge on any atom is 0.123 e. The first-order chi connectivity index (χ1) is 9.26. The number of hydrogen-bond donors (Lipinski definition) is 1. The third-order valence-corrected chi connectivity index (χ3v) is 4.02.